The summed E-state index contributed by atoms with van der Waals surface area (Å²) in [5.41, 5.74) is 2.54. The molecule has 8 rings (SSSR count). The van der Waals surface area contributed by atoms with Gasteiger partial charge in [0.15, 0.2) is 6.29 Å². The van der Waals surface area contributed by atoms with Crippen LogP contribution in [0, 0.1) is 72.0 Å². The summed E-state index contributed by atoms with van der Waals surface area (Å²) >= 11 is 13.6. The summed E-state index contributed by atoms with van der Waals surface area (Å²) in [7, 11) is -9.83. The van der Waals surface area contributed by atoms with Gasteiger partial charge in [0.2, 0.25) is 20.8 Å². The van der Waals surface area contributed by atoms with Crippen LogP contribution in [0.25, 0.3) is 0 Å². The smallest absolute Gasteiger partial charge is 0.726 e. The molecule has 0 radical (unpaired) electrons. The van der Waals surface area contributed by atoms with Crippen molar-refractivity contribution in [1.82, 2.24) is 60.0 Å². The van der Waals surface area contributed by atoms with Gasteiger partial charge in [0.25, 0.3) is 0 Å². The maximum Gasteiger partial charge on any atom is 1.00 e. The minimum absolute atomic E-state index is 0. The SMILES string of the molecule is CC[C@@H]1CC(C[C@@]2(CCl)O[C@@H](Cn3cc(COCc4cn(C[C@@H]5O[C@@H](OCc6cn(C[C@@H]7O[C@@H](OCc8cn(CC)nn8)[C@@H](C)[C@H](C)[C@H]7C)nn6)[C@@H](C)[CH-][C@H]5C)nn4)nn3)[CH-][C@H]2C)[C@@H](C)[C@@H](C)[C@H]1Cl.O=S(=O)([O-])O.O=S(=O)([O-])O.[Na+].[Na+]. The molecule has 0 bridgehead atoms. The van der Waals surface area contributed by atoms with Crippen molar-refractivity contribution in [2.24, 2.45) is 59.2 Å². The number of hydrogen-bond donors (Lipinski definition) is 2. The van der Waals surface area contributed by atoms with Crippen LogP contribution in [0.5, 0.6) is 0 Å². The van der Waals surface area contributed by atoms with Gasteiger partial charge in [0.05, 0.1) is 82.1 Å². The Kier molecular flexibility index (Phi) is 29.0. The van der Waals surface area contributed by atoms with Crippen molar-refractivity contribution in [3.8, 4) is 0 Å². The normalized spacial score (nSPS) is 32.4. The fraction of sp³-hybridized carbons (Fsp3) is 0.796. The first-order valence-electron chi connectivity index (χ1n) is 26.8. The van der Waals surface area contributed by atoms with Gasteiger partial charge >= 0.3 is 59.1 Å². The second-order valence-electron chi connectivity index (χ2n) is 21.8. The number of aryl methyl sites for hydroxylation is 1. The zero-order chi connectivity index (χ0) is 58.0. The molecule has 17 atom stereocenters. The molecule has 1 unspecified atom stereocenters. The third-order valence-electron chi connectivity index (χ3n) is 16.2. The Morgan fingerprint density at radius 1 is 0.642 bits per heavy atom. The molecule has 4 aromatic heterocycles. The number of aromatic nitrogens is 12. The molecule has 0 spiro atoms. The van der Waals surface area contributed by atoms with E-state index in [-0.39, 0.29) is 133 Å². The van der Waals surface area contributed by atoms with Crippen molar-refractivity contribution in [3.63, 3.8) is 0 Å². The first-order valence-corrected chi connectivity index (χ1v) is 30.5. The van der Waals surface area contributed by atoms with Crippen molar-refractivity contribution < 1.29 is 123 Å². The minimum atomic E-state index is -4.92. The molecule has 4 aliphatic rings. The van der Waals surface area contributed by atoms with Gasteiger partial charge in [-0.05, 0) is 61.4 Å². The molecule has 2 N–H and O–H groups in total. The Morgan fingerprint density at radius 2 is 1.11 bits per heavy atom. The van der Waals surface area contributed by atoms with Crippen LogP contribution in [0.3, 0.4) is 0 Å². The first-order chi connectivity index (χ1) is 37.1. The Hall–Kier alpha value is -1.36. The standard InChI is InChI=1S/C49H76Cl2N12O6.2Na.2H2O4S/c1-11-37-15-38(33(7)35(9)46(37)51)16-49(28-50)31(5)14-43(69-49)21-61-18-39(52-57-61)24-64-25-40-19-62(58-53-40)22-44-29(3)13-30(4)47(67-44)65-26-42-20-63(59-55-42)23-45-34(8)32(6)36(10)48(68-45)66-27-41-17-60(12-2)56-54-41;;;2*1-5(2,3)4/h13-14,17-20,29-38,43-48H,11-12,15-16,21-28H2,1-10H3;;;2*(H2,1,2,3,4)/q-2;2*+1;;/p-2/t29-,30+,31-,32-,33+,34-,35-,36+,37-,38?,43-,44+,45+,46-,47-,48-,49+;;;;/m1..../s1. The minimum Gasteiger partial charge on any atom is -0.726 e. The Bertz CT molecular complexity index is 2690. The van der Waals surface area contributed by atoms with Crippen LogP contribution in [0.2, 0.25) is 0 Å². The molecule has 32 heteroatoms. The summed E-state index contributed by atoms with van der Waals surface area (Å²) in [6.45, 7) is 25.7. The number of hydrogen-bond acceptors (Lipinski definition) is 20. The number of ether oxygens (including phenoxy) is 6. The Balaban J connectivity index is 0.00000108. The summed E-state index contributed by atoms with van der Waals surface area (Å²) in [4.78, 5) is 0. The molecule has 1 aliphatic carbocycles. The van der Waals surface area contributed by atoms with Crippen LogP contribution in [0.4, 0.5) is 0 Å². The van der Waals surface area contributed by atoms with E-state index in [0.29, 0.717) is 73.3 Å². The van der Waals surface area contributed by atoms with Gasteiger partial charge < -0.3 is 43.9 Å². The van der Waals surface area contributed by atoms with Gasteiger partial charge in [-0.1, -0.05) is 89.6 Å². The third-order valence-corrected chi connectivity index (χ3v) is 17.4. The first kappa shape index (κ1) is 72.1. The largest absolute Gasteiger partial charge is 1.00 e. The van der Waals surface area contributed by atoms with Crippen molar-refractivity contribution in [2.45, 2.75) is 183 Å². The van der Waals surface area contributed by atoms with E-state index < -0.39 is 32.7 Å². The number of nitrogens with zero attached hydrogens (tertiary/aromatic N) is 12. The topological polar surface area (TPSA) is 333 Å². The van der Waals surface area contributed by atoms with E-state index in [1.165, 1.54) is 0 Å². The molecule has 3 aliphatic heterocycles. The molecule has 26 nitrogen and oxygen atoms in total. The fourth-order valence-corrected chi connectivity index (χ4v) is 12.0. The predicted octanol–water partition coefficient (Wildman–Crippen LogP) is -0.393. The maximum absolute atomic E-state index is 8.63. The monoisotopic (exact) mass is 1240 g/mol. The fourth-order valence-electron chi connectivity index (χ4n) is 11.1. The molecule has 7 heterocycles. The zero-order valence-electron chi connectivity index (χ0n) is 48.4. The van der Waals surface area contributed by atoms with Crippen molar-refractivity contribution >= 4 is 44.0 Å². The quantitative estimate of drug-likeness (QED) is 0.0353. The van der Waals surface area contributed by atoms with Gasteiger partial charge in [-0.2, -0.15) is 0 Å². The summed E-state index contributed by atoms with van der Waals surface area (Å²) in [6, 6.07) is 0. The molecule has 1 saturated carbocycles. The predicted molar refractivity (Wildman–Crippen MR) is 282 cm³/mol. The molecule has 4 aromatic rings. The molecule has 81 heavy (non-hydrogen) atoms. The molecular weight excluding hydrogens is 1160 g/mol. The molecule has 0 aromatic carbocycles. The van der Waals surface area contributed by atoms with E-state index in [0.717, 1.165) is 42.9 Å². The van der Waals surface area contributed by atoms with E-state index in [2.05, 4.69) is 116 Å². The summed E-state index contributed by atoms with van der Waals surface area (Å²) in [5.74, 6) is 3.83. The zero-order valence-corrected chi connectivity index (χ0v) is 55.6. The molecule has 448 valence electrons. The second-order valence-corrected chi connectivity index (χ2v) is 24.3. The molecule has 3 saturated heterocycles. The van der Waals surface area contributed by atoms with Crippen LogP contribution in [-0.4, -0.2) is 143 Å². The van der Waals surface area contributed by atoms with Crippen molar-refractivity contribution in [3.05, 3.63) is 60.4 Å². The van der Waals surface area contributed by atoms with Crippen LogP contribution < -0.4 is 59.1 Å². The number of rotatable bonds is 21. The average Bonchev–Trinajstić information content (AvgIpc) is 4.27. The Morgan fingerprint density at radius 3 is 1.62 bits per heavy atom. The van der Waals surface area contributed by atoms with Gasteiger partial charge in [-0.25, -0.2) is 26.2 Å². The average molecular weight is 1240 g/mol. The van der Waals surface area contributed by atoms with E-state index in [1.54, 1.807) is 9.36 Å². The van der Waals surface area contributed by atoms with E-state index in [4.69, 9.17) is 86.7 Å². The maximum atomic E-state index is 8.63. The molecular formula is C49H78Cl2N12Na2O14S2-2. The van der Waals surface area contributed by atoms with Crippen LogP contribution >= 0.6 is 23.2 Å². The second kappa shape index (κ2) is 32.6. The summed E-state index contributed by atoms with van der Waals surface area (Å²) in [5, 5.41) is 34.9. The Labute approximate surface area is 530 Å². The van der Waals surface area contributed by atoms with E-state index in [1.807, 2.05) is 41.1 Å². The molecule has 4 fully saturated rings. The molecule has 0 amide bonds. The van der Waals surface area contributed by atoms with Gasteiger partial charge in [-0.15, -0.1) is 61.4 Å². The van der Waals surface area contributed by atoms with Gasteiger partial charge in [0.1, 0.15) is 29.1 Å². The van der Waals surface area contributed by atoms with Gasteiger partial charge in [-0.3, -0.25) is 24.9 Å². The number of alkyl halides is 2. The van der Waals surface area contributed by atoms with Crippen LogP contribution in [-0.2, 0) is 102 Å². The van der Waals surface area contributed by atoms with E-state index >= 15 is 0 Å². The summed E-state index contributed by atoms with van der Waals surface area (Å²) in [6.07, 6.45) is 14.2. The van der Waals surface area contributed by atoms with Crippen LogP contribution in [0.15, 0.2) is 24.8 Å². The number of halogens is 2. The third kappa shape index (κ3) is 21.8. The van der Waals surface area contributed by atoms with E-state index in [9.17, 15) is 0 Å². The van der Waals surface area contributed by atoms with Crippen LogP contribution in [0.1, 0.15) is 111 Å². The van der Waals surface area contributed by atoms with Crippen molar-refractivity contribution in [1.29, 1.82) is 0 Å². The van der Waals surface area contributed by atoms with Crippen molar-refractivity contribution in [2.75, 3.05) is 5.88 Å². The van der Waals surface area contributed by atoms with Gasteiger partial charge in [0, 0.05) is 30.3 Å². The summed E-state index contributed by atoms with van der Waals surface area (Å²) < 4.78 is 111.